The zero-order valence-electron chi connectivity index (χ0n) is 50.6. The number of hydrogen-bond donors (Lipinski definition) is 0. The summed E-state index contributed by atoms with van der Waals surface area (Å²) >= 11 is 0. The number of rotatable bonds is 62. The fourth-order valence-corrected chi connectivity index (χ4v) is 10.1. The maximum absolute atomic E-state index is 12.9. The van der Waals surface area contributed by atoms with Gasteiger partial charge in [0, 0.05) is 19.3 Å². The lowest BCUT2D eigenvalue weighted by Crippen LogP contribution is -2.30. The molecule has 0 aromatic heterocycles. The van der Waals surface area contributed by atoms with E-state index in [1.807, 2.05) is 0 Å². The van der Waals surface area contributed by atoms with Crippen LogP contribution >= 0.6 is 0 Å². The van der Waals surface area contributed by atoms with Gasteiger partial charge in [-0.1, -0.05) is 314 Å². The molecule has 0 aliphatic carbocycles. The number of carbonyl (C=O) groups excluding carboxylic acids is 3. The van der Waals surface area contributed by atoms with Gasteiger partial charge in [0.2, 0.25) is 0 Å². The number of allylic oxidation sites excluding steroid dienone is 6. The standard InChI is InChI=1S/C69H128O6/c1-4-7-10-13-16-19-22-24-26-28-30-32-34-36-37-39-41-43-45-47-50-53-56-59-62-68(71)74-65-66(64-73-67(70)61-58-55-52-49-21-18-15-12-9-6-3)75-69(72)63-60-57-54-51-48-46-44-42-40-38-35-33-31-29-27-25-23-20-17-14-11-8-5-2/h12,15,23,25,29,31,66H,4-11,13-14,16-22,24,26-28,30,32-65H2,1-3H3/b15-12-,25-23-,31-29-. The van der Waals surface area contributed by atoms with E-state index in [9.17, 15) is 14.4 Å². The van der Waals surface area contributed by atoms with E-state index >= 15 is 0 Å². The largest absolute Gasteiger partial charge is 0.462 e. The third-order valence-electron chi connectivity index (χ3n) is 15.1. The van der Waals surface area contributed by atoms with E-state index in [0.29, 0.717) is 19.3 Å². The minimum absolute atomic E-state index is 0.0712. The molecule has 0 bridgehead atoms. The maximum Gasteiger partial charge on any atom is 0.306 e. The molecule has 0 spiro atoms. The Kier molecular flexibility index (Phi) is 62.1. The van der Waals surface area contributed by atoms with Crippen LogP contribution in [0.15, 0.2) is 36.5 Å². The number of ether oxygens (including phenoxy) is 3. The average molecular weight is 1050 g/mol. The molecule has 6 heteroatoms. The first kappa shape index (κ1) is 72.6. The Hall–Kier alpha value is -2.37. The van der Waals surface area contributed by atoms with Gasteiger partial charge in [0.25, 0.3) is 0 Å². The van der Waals surface area contributed by atoms with Crippen molar-refractivity contribution in [3.63, 3.8) is 0 Å². The topological polar surface area (TPSA) is 78.9 Å². The van der Waals surface area contributed by atoms with Crippen molar-refractivity contribution in [1.82, 2.24) is 0 Å². The second-order valence-electron chi connectivity index (χ2n) is 22.7. The lowest BCUT2D eigenvalue weighted by atomic mass is 10.0. The molecule has 0 radical (unpaired) electrons. The van der Waals surface area contributed by atoms with E-state index in [1.54, 1.807) is 0 Å². The number of unbranched alkanes of at least 4 members (excludes halogenated alkanes) is 45. The molecule has 0 aliphatic rings. The summed E-state index contributed by atoms with van der Waals surface area (Å²) in [7, 11) is 0. The SMILES string of the molecule is CCC/C=C\CCCCCCCC(=O)OCC(COC(=O)CCCCCCCCCCCCCCCCCCCCCCCCCC)OC(=O)CCCCCCCCCCCCC/C=C\C/C=C\CCCCCCC. The highest BCUT2D eigenvalue weighted by Crippen LogP contribution is 2.18. The molecule has 0 aliphatic heterocycles. The highest BCUT2D eigenvalue weighted by Gasteiger charge is 2.19. The monoisotopic (exact) mass is 1050 g/mol. The van der Waals surface area contributed by atoms with Crippen molar-refractivity contribution in [2.45, 2.75) is 374 Å². The summed E-state index contributed by atoms with van der Waals surface area (Å²) in [4.78, 5) is 38.3. The molecule has 0 heterocycles. The average Bonchev–Trinajstić information content (AvgIpc) is 3.41. The summed E-state index contributed by atoms with van der Waals surface area (Å²) in [5.41, 5.74) is 0. The van der Waals surface area contributed by atoms with E-state index in [1.165, 1.54) is 250 Å². The Morgan fingerprint density at radius 3 is 0.800 bits per heavy atom. The van der Waals surface area contributed by atoms with Gasteiger partial charge in [0.15, 0.2) is 6.10 Å². The van der Waals surface area contributed by atoms with Crippen molar-refractivity contribution >= 4 is 17.9 Å². The number of esters is 3. The Balaban J connectivity index is 4.18. The zero-order valence-corrected chi connectivity index (χ0v) is 50.6. The van der Waals surface area contributed by atoms with Crippen LogP contribution in [0.3, 0.4) is 0 Å². The van der Waals surface area contributed by atoms with Crippen LogP contribution in [0.2, 0.25) is 0 Å². The molecule has 0 saturated heterocycles. The molecule has 6 nitrogen and oxygen atoms in total. The van der Waals surface area contributed by atoms with Crippen LogP contribution in [0.4, 0.5) is 0 Å². The highest BCUT2D eigenvalue weighted by atomic mass is 16.6. The maximum atomic E-state index is 12.9. The first-order chi connectivity index (χ1) is 37.0. The van der Waals surface area contributed by atoms with Gasteiger partial charge < -0.3 is 14.2 Å². The second-order valence-corrected chi connectivity index (χ2v) is 22.7. The normalized spacial score (nSPS) is 12.2. The molecular formula is C69H128O6. The van der Waals surface area contributed by atoms with E-state index < -0.39 is 6.10 Å². The molecular weight excluding hydrogens is 925 g/mol. The van der Waals surface area contributed by atoms with E-state index in [2.05, 4.69) is 57.2 Å². The molecule has 75 heavy (non-hydrogen) atoms. The molecule has 0 fully saturated rings. The summed E-state index contributed by atoms with van der Waals surface area (Å²) in [5, 5.41) is 0. The van der Waals surface area contributed by atoms with Crippen molar-refractivity contribution in [3.8, 4) is 0 Å². The van der Waals surface area contributed by atoms with Gasteiger partial charge in [-0.3, -0.25) is 14.4 Å². The highest BCUT2D eigenvalue weighted by molar-refractivity contribution is 5.71. The Labute approximate surface area is 467 Å². The van der Waals surface area contributed by atoms with Crippen molar-refractivity contribution in [3.05, 3.63) is 36.5 Å². The summed E-state index contributed by atoms with van der Waals surface area (Å²) in [6.45, 7) is 6.62. The van der Waals surface area contributed by atoms with Crippen molar-refractivity contribution < 1.29 is 28.6 Å². The van der Waals surface area contributed by atoms with E-state index in [4.69, 9.17) is 14.2 Å². The van der Waals surface area contributed by atoms with Gasteiger partial charge in [-0.2, -0.15) is 0 Å². The van der Waals surface area contributed by atoms with Gasteiger partial charge in [0.1, 0.15) is 13.2 Å². The van der Waals surface area contributed by atoms with Crippen molar-refractivity contribution in [2.75, 3.05) is 13.2 Å². The third kappa shape index (κ3) is 62.4. The Bertz CT molecular complexity index is 1250. The van der Waals surface area contributed by atoms with E-state index in [-0.39, 0.29) is 31.1 Å². The summed E-state index contributed by atoms with van der Waals surface area (Å²) in [5.74, 6) is -0.861. The molecule has 0 aromatic rings. The molecule has 0 amide bonds. The van der Waals surface area contributed by atoms with Crippen LogP contribution in [-0.4, -0.2) is 37.2 Å². The predicted octanol–water partition coefficient (Wildman–Crippen LogP) is 22.8. The Morgan fingerprint density at radius 2 is 0.507 bits per heavy atom. The molecule has 0 saturated carbocycles. The van der Waals surface area contributed by atoms with Crippen LogP contribution in [0.25, 0.3) is 0 Å². The van der Waals surface area contributed by atoms with Gasteiger partial charge in [-0.05, 0) is 70.6 Å². The van der Waals surface area contributed by atoms with Crippen LogP contribution in [-0.2, 0) is 28.6 Å². The van der Waals surface area contributed by atoms with Crippen molar-refractivity contribution in [2.24, 2.45) is 0 Å². The first-order valence-corrected chi connectivity index (χ1v) is 33.5. The molecule has 1 atom stereocenters. The molecule has 0 N–H and O–H groups in total. The molecule has 440 valence electrons. The summed E-state index contributed by atoms with van der Waals surface area (Å²) in [6.07, 6.45) is 78.9. The molecule has 0 rings (SSSR count). The Morgan fingerprint density at radius 1 is 0.267 bits per heavy atom. The molecule has 0 aromatic carbocycles. The minimum Gasteiger partial charge on any atom is -0.462 e. The first-order valence-electron chi connectivity index (χ1n) is 33.5. The van der Waals surface area contributed by atoms with Gasteiger partial charge >= 0.3 is 17.9 Å². The lowest BCUT2D eigenvalue weighted by molar-refractivity contribution is -0.167. The van der Waals surface area contributed by atoms with Crippen LogP contribution in [0, 0.1) is 0 Å². The summed E-state index contributed by atoms with van der Waals surface area (Å²) in [6, 6.07) is 0. The zero-order chi connectivity index (χ0) is 54.3. The smallest absolute Gasteiger partial charge is 0.306 e. The van der Waals surface area contributed by atoms with Gasteiger partial charge in [-0.25, -0.2) is 0 Å². The molecule has 1 unspecified atom stereocenters. The number of carbonyl (C=O) groups is 3. The third-order valence-corrected chi connectivity index (χ3v) is 15.1. The fraction of sp³-hybridized carbons (Fsp3) is 0.870. The second kappa shape index (κ2) is 64.2. The van der Waals surface area contributed by atoms with Crippen molar-refractivity contribution in [1.29, 1.82) is 0 Å². The quantitative estimate of drug-likeness (QED) is 0.0261. The predicted molar refractivity (Wildman–Crippen MR) is 326 cm³/mol. The fourth-order valence-electron chi connectivity index (χ4n) is 10.1. The van der Waals surface area contributed by atoms with E-state index in [0.717, 1.165) is 77.0 Å². The summed E-state index contributed by atoms with van der Waals surface area (Å²) < 4.78 is 16.9. The minimum atomic E-state index is -0.774. The van der Waals surface area contributed by atoms with Crippen LogP contribution in [0.5, 0.6) is 0 Å². The lowest BCUT2D eigenvalue weighted by Gasteiger charge is -2.18. The van der Waals surface area contributed by atoms with Crippen LogP contribution in [0.1, 0.15) is 367 Å². The van der Waals surface area contributed by atoms with Gasteiger partial charge in [0.05, 0.1) is 0 Å². The van der Waals surface area contributed by atoms with Crippen LogP contribution < -0.4 is 0 Å². The number of hydrogen-bond acceptors (Lipinski definition) is 6. The van der Waals surface area contributed by atoms with Gasteiger partial charge in [-0.15, -0.1) is 0 Å².